The van der Waals surface area contributed by atoms with E-state index in [0.29, 0.717) is 19.5 Å². The average molecular weight is 341 g/mol. The van der Waals surface area contributed by atoms with Crippen LogP contribution in [0, 0.1) is 5.92 Å². The highest BCUT2D eigenvalue weighted by Crippen LogP contribution is 2.18. The van der Waals surface area contributed by atoms with Crippen molar-refractivity contribution in [1.29, 1.82) is 0 Å². The van der Waals surface area contributed by atoms with E-state index in [0.717, 1.165) is 30.9 Å². The number of piperidine rings is 1. The number of rotatable bonds is 7. The van der Waals surface area contributed by atoms with Gasteiger partial charge in [0.15, 0.2) is 0 Å². The maximum Gasteiger partial charge on any atom is 0.224 e. The number of carbonyl (C=O) groups is 2. The zero-order valence-electron chi connectivity index (χ0n) is 13.0. The van der Waals surface area contributed by atoms with Crippen molar-refractivity contribution in [2.24, 2.45) is 5.92 Å². The molecule has 4 nitrogen and oxygen atoms in total. The molecule has 1 N–H and O–H groups in total. The minimum atomic E-state index is -0.0356. The van der Waals surface area contributed by atoms with Crippen LogP contribution in [-0.2, 0) is 15.3 Å². The van der Waals surface area contributed by atoms with Crippen LogP contribution in [0.1, 0.15) is 31.1 Å². The first kappa shape index (κ1) is 17.3. The third-order valence-corrected chi connectivity index (χ3v) is 5.88. The zero-order chi connectivity index (χ0) is 15.8. The Balaban J connectivity index is 1.63. The van der Waals surface area contributed by atoms with Crippen LogP contribution < -0.4 is 5.32 Å². The van der Waals surface area contributed by atoms with Crippen molar-refractivity contribution in [2.45, 2.75) is 31.9 Å². The van der Waals surface area contributed by atoms with Gasteiger partial charge in [-0.1, -0.05) is 13.0 Å². The Bertz CT molecular complexity index is 477. The predicted molar refractivity (Wildman–Crippen MR) is 93.1 cm³/mol. The first-order chi connectivity index (χ1) is 10.7. The molecule has 1 aliphatic heterocycles. The summed E-state index contributed by atoms with van der Waals surface area (Å²) in [6.45, 7) is 3.96. The molecule has 0 unspecified atom stereocenters. The second kappa shape index (κ2) is 9.20. The molecule has 1 atom stereocenters. The summed E-state index contributed by atoms with van der Waals surface area (Å²) in [6, 6.07) is 4.20. The number of amides is 2. The van der Waals surface area contributed by atoms with Crippen molar-refractivity contribution in [3.63, 3.8) is 0 Å². The molecule has 0 aliphatic carbocycles. The third-order valence-electron chi connectivity index (χ3n) is 3.82. The molecule has 6 heteroatoms. The summed E-state index contributed by atoms with van der Waals surface area (Å²) in [6.07, 6.45) is 2.34. The highest BCUT2D eigenvalue weighted by Gasteiger charge is 2.27. The molecule has 1 aliphatic rings. The Kier molecular flexibility index (Phi) is 7.25. The number of thiophene rings is 1. The van der Waals surface area contributed by atoms with Gasteiger partial charge in [0, 0.05) is 42.4 Å². The summed E-state index contributed by atoms with van der Waals surface area (Å²) in [5.41, 5.74) is 0. The molecular weight excluding hydrogens is 316 g/mol. The van der Waals surface area contributed by atoms with Crippen molar-refractivity contribution >= 4 is 34.9 Å². The fourth-order valence-corrected chi connectivity index (χ4v) is 4.30. The molecule has 2 amide bonds. The van der Waals surface area contributed by atoms with Gasteiger partial charge in [0.2, 0.25) is 11.8 Å². The number of hydrogen-bond donors (Lipinski definition) is 1. The van der Waals surface area contributed by atoms with E-state index >= 15 is 0 Å². The smallest absolute Gasteiger partial charge is 0.224 e. The Morgan fingerprint density at radius 1 is 1.50 bits per heavy atom. The maximum atomic E-state index is 12.2. The number of likely N-dealkylation sites (tertiary alicyclic amines) is 1. The van der Waals surface area contributed by atoms with Crippen LogP contribution in [0.5, 0.6) is 0 Å². The molecule has 0 bridgehead atoms. The van der Waals surface area contributed by atoms with Gasteiger partial charge in [-0.3, -0.25) is 9.59 Å². The van der Waals surface area contributed by atoms with E-state index in [1.807, 2.05) is 23.6 Å². The van der Waals surface area contributed by atoms with Gasteiger partial charge in [0.05, 0.1) is 5.92 Å². The molecule has 1 aromatic rings. The van der Waals surface area contributed by atoms with Crippen molar-refractivity contribution in [2.75, 3.05) is 25.4 Å². The number of hydrogen-bond acceptors (Lipinski definition) is 4. The maximum absolute atomic E-state index is 12.2. The van der Waals surface area contributed by atoms with Crippen LogP contribution in [0.25, 0.3) is 0 Å². The van der Waals surface area contributed by atoms with Crippen LogP contribution in [0.3, 0.4) is 0 Å². The lowest BCUT2D eigenvalue weighted by atomic mass is 9.97. The number of carbonyl (C=O) groups excluding carboxylic acids is 2. The molecule has 1 saturated heterocycles. The Morgan fingerprint density at radius 2 is 2.36 bits per heavy atom. The van der Waals surface area contributed by atoms with Gasteiger partial charge in [-0.25, -0.2) is 0 Å². The summed E-state index contributed by atoms with van der Waals surface area (Å²) in [5.74, 6) is 2.16. The first-order valence-corrected chi connectivity index (χ1v) is 9.89. The van der Waals surface area contributed by atoms with Gasteiger partial charge in [0.25, 0.3) is 0 Å². The third kappa shape index (κ3) is 5.32. The van der Waals surface area contributed by atoms with Crippen LogP contribution in [0.15, 0.2) is 17.5 Å². The van der Waals surface area contributed by atoms with Gasteiger partial charge >= 0.3 is 0 Å². The lowest BCUT2D eigenvalue weighted by Gasteiger charge is -2.31. The van der Waals surface area contributed by atoms with E-state index in [9.17, 15) is 9.59 Å². The second-order valence-corrected chi connectivity index (χ2v) is 7.59. The van der Waals surface area contributed by atoms with Crippen molar-refractivity contribution < 1.29 is 9.59 Å². The van der Waals surface area contributed by atoms with Crippen LogP contribution >= 0.6 is 23.1 Å². The lowest BCUT2D eigenvalue weighted by molar-refractivity contribution is -0.135. The number of nitrogens with zero attached hydrogens (tertiary/aromatic N) is 1. The Morgan fingerprint density at radius 3 is 3.09 bits per heavy atom. The average Bonchev–Trinajstić information content (AvgIpc) is 3.07. The second-order valence-electron chi connectivity index (χ2n) is 5.46. The van der Waals surface area contributed by atoms with Crippen molar-refractivity contribution in [3.8, 4) is 0 Å². The van der Waals surface area contributed by atoms with E-state index in [1.54, 1.807) is 11.3 Å². The number of nitrogens with one attached hydrogen (secondary N) is 1. The molecule has 0 spiro atoms. The van der Waals surface area contributed by atoms with Gasteiger partial charge in [0.1, 0.15) is 0 Å². The minimum Gasteiger partial charge on any atom is -0.355 e. The molecule has 2 heterocycles. The van der Waals surface area contributed by atoms with E-state index in [-0.39, 0.29) is 17.7 Å². The van der Waals surface area contributed by atoms with E-state index in [4.69, 9.17) is 0 Å². The van der Waals surface area contributed by atoms with Gasteiger partial charge in [-0.05, 0) is 24.3 Å². The summed E-state index contributed by atoms with van der Waals surface area (Å²) >= 11 is 3.61. The standard InChI is InChI=1S/C16H24N2O2S2/c1-2-15(19)18-8-3-5-13(11-18)16(20)17-7-10-21-12-14-6-4-9-22-14/h4,6,9,13H,2-3,5,7-8,10-12H2,1H3,(H,17,20)/t13-/m0/s1. The molecule has 0 saturated carbocycles. The van der Waals surface area contributed by atoms with Crippen molar-refractivity contribution in [3.05, 3.63) is 22.4 Å². The van der Waals surface area contributed by atoms with Crippen LogP contribution in [0.2, 0.25) is 0 Å². The summed E-state index contributed by atoms with van der Waals surface area (Å²) in [7, 11) is 0. The summed E-state index contributed by atoms with van der Waals surface area (Å²) in [4.78, 5) is 27.1. The summed E-state index contributed by atoms with van der Waals surface area (Å²) < 4.78 is 0. The molecule has 2 rings (SSSR count). The molecular formula is C16H24N2O2S2. The highest BCUT2D eigenvalue weighted by molar-refractivity contribution is 7.98. The predicted octanol–water partition coefficient (Wildman–Crippen LogP) is 2.75. The first-order valence-electron chi connectivity index (χ1n) is 7.86. The Labute approximate surface area is 140 Å². The summed E-state index contributed by atoms with van der Waals surface area (Å²) in [5, 5.41) is 5.10. The molecule has 0 radical (unpaired) electrons. The van der Waals surface area contributed by atoms with Gasteiger partial charge in [-0.15, -0.1) is 11.3 Å². The molecule has 0 aromatic carbocycles. The lowest BCUT2D eigenvalue weighted by Crippen LogP contribution is -2.45. The quantitative estimate of drug-likeness (QED) is 0.777. The topological polar surface area (TPSA) is 49.4 Å². The van der Waals surface area contributed by atoms with E-state index in [2.05, 4.69) is 22.8 Å². The SMILES string of the molecule is CCC(=O)N1CCC[C@H](C(=O)NCCSCc2cccs2)C1. The van der Waals surface area contributed by atoms with Crippen molar-refractivity contribution in [1.82, 2.24) is 10.2 Å². The number of thioether (sulfide) groups is 1. The largest absolute Gasteiger partial charge is 0.355 e. The zero-order valence-corrected chi connectivity index (χ0v) is 14.7. The van der Waals surface area contributed by atoms with E-state index < -0.39 is 0 Å². The normalized spacial score (nSPS) is 18.2. The highest BCUT2D eigenvalue weighted by atomic mass is 32.2. The van der Waals surface area contributed by atoms with E-state index in [1.165, 1.54) is 4.88 Å². The molecule has 122 valence electrons. The fraction of sp³-hybridized carbons (Fsp3) is 0.625. The minimum absolute atomic E-state index is 0.0356. The molecule has 1 aromatic heterocycles. The monoisotopic (exact) mass is 340 g/mol. The Hall–Kier alpha value is -1.01. The van der Waals surface area contributed by atoms with Crippen LogP contribution in [0.4, 0.5) is 0 Å². The van der Waals surface area contributed by atoms with Gasteiger partial charge < -0.3 is 10.2 Å². The fourth-order valence-electron chi connectivity index (χ4n) is 2.60. The van der Waals surface area contributed by atoms with Gasteiger partial charge in [-0.2, -0.15) is 11.8 Å². The molecule has 22 heavy (non-hydrogen) atoms. The van der Waals surface area contributed by atoms with Crippen LogP contribution in [-0.4, -0.2) is 42.1 Å². The molecule has 1 fully saturated rings.